The molecule has 4 heterocycles. The van der Waals surface area contributed by atoms with Crippen molar-refractivity contribution in [3.8, 4) is 0 Å². The van der Waals surface area contributed by atoms with Crippen LogP contribution >= 0.6 is 0 Å². The van der Waals surface area contributed by atoms with Gasteiger partial charge < -0.3 is 29.0 Å². The van der Waals surface area contributed by atoms with Gasteiger partial charge in [-0.15, -0.1) is 0 Å². The molecule has 3 aromatic rings. The number of cyclic esters (lactones) is 1. The zero-order valence-corrected chi connectivity index (χ0v) is 21.6. The smallest absolute Gasteiger partial charge is 0.416 e. The molecule has 4 amide bonds. The van der Waals surface area contributed by atoms with Gasteiger partial charge in [0, 0.05) is 44.8 Å². The minimum absolute atomic E-state index is 0.00210. The normalized spacial score (nSPS) is 17.1. The minimum atomic E-state index is -0.915. The van der Waals surface area contributed by atoms with Crippen LogP contribution in [0, 0.1) is 5.82 Å². The Morgan fingerprint density at radius 2 is 2.00 bits per heavy atom. The third-order valence-corrected chi connectivity index (χ3v) is 6.48. The van der Waals surface area contributed by atoms with Crippen LogP contribution in [0.5, 0.6) is 0 Å². The van der Waals surface area contributed by atoms with Crippen molar-refractivity contribution >= 4 is 41.0 Å². The first-order valence-electron chi connectivity index (χ1n) is 12.6. The molecular weight excluding hydrogens is 527 g/mol. The lowest BCUT2D eigenvalue weighted by Gasteiger charge is -2.36. The van der Waals surface area contributed by atoms with Crippen LogP contribution < -0.4 is 20.4 Å². The fourth-order valence-electron chi connectivity index (χ4n) is 4.48. The Bertz CT molecular complexity index is 1410. The number of aromatic nitrogens is 3. The SMILES string of the molecule is CCOC(=O)NC1CN(c2ccc(N3CCN(C(=O)CNC(=O)c4cn5ccncc5n4)CC3)c(F)c2)C(=O)O1. The molecule has 0 saturated carbocycles. The van der Waals surface area contributed by atoms with E-state index < -0.39 is 30.1 Å². The van der Waals surface area contributed by atoms with Gasteiger partial charge in [-0.2, -0.15) is 0 Å². The Morgan fingerprint density at radius 1 is 1.20 bits per heavy atom. The van der Waals surface area contributed by atoms with Crippen LogP contribution in [-0.4, -0.2) is 95.4 Å². The number of carbonyl (C=O) groups excluding carboxylic acids is 4. The molecule has 2 aliphatic rings. The predicted molar refractivity (Wildman–Crippen MR) is 138 cm³/mol. The van der Waals surface area contributed by atoms with Gasteiger partial charge in [-0.1, -0.05) is 0 Å². The van der Waals surface area contributed by atoms with Crippen LogP contribution in [0.15, 0.2) is 43.0 Å². The molecule has 1 atom stereocenters. The van der Waals surface area contributed by atoms with Crippen molar-refractivity contribution in [3.63, 3.8) is 0 Å². The Morgan fingerprint density at radius 3 is 2.73 bits per heavy atom. The first-order valence-corrected chi connectivity index (χ1v) is 12.6. The van der Waals surface area contributed by atoms with Crippen LogP contribution in [0.3, 0.4) is 0 Å². The van der Waals surface area contributed by atoms with Crippen molar-refractivity contribution < 1.29 is 33.0 Å². The molecule has 0 spiro atoms. The summed E-state index contributed by atoms with van der Waals surface area (Å²) in [6.07, 6.45) is 3.98. The van der Waals surface area contributed by atoms with E-state index in [1.807, 2.05) is 0 Å². The zero-order valence-electron chi connectivity index (χ0n) is 21.6. The number of nitrogens with zero attached hydrogens (tertiary/aromatic N) is 6. The van der Waals surface area contributed by atoms with E-state index >= 15 is 4.39 Å². The highest BCUT2D eigenvalue weighted by Gasteiger charge is 2.34. The van der Waals surface area contributed by atoms with E-state index in [4.69, 9.17) is 9.47 Å². The highest BCUT2D eigenvalue weighted by Crippen LogP contribution is 2.28. The summed E-state index contributed by atoms with van der Waals surface area (Å²) in [5.74, 6) is -1.27. The maximum atomic E-state index is 15.1. The summed E-state index contributed by atoms with van der Waals surface area (Å²) >= 11 is 0. The van der Waals surface area contributed by atoms with E-state index in [0.717, 1.165) is 0 Å². The van der Waals surface area contributed by atoms with Gasteiger partial charge in [0.25, 0.3) is 5.91 Å². The number of hydrogen-bond donors (Lipinski definition) is 2. The lowest BCUT2D eigenvalue weighted by Crippen LogP contribution is -2.51. The molecule has 0 bridgehead atoms. The van der Waals surface area contributed by atoms with E-state index in [9.17, 15) is 19.2 Å². The molecule has 2 fully saturated rings. The van der Waals surface area contributed by atoms with Crippen molar-refractivity contribution in [2.24, 2.45) is 0 Å². The topological polar surface area (TPSA) is 151 Å². The van der Waals surface area contributed by atoms with E-state index in [2.05, 4.69) is 20.6 Å². The van der Waals surface area contributed by atoms with Gasteiger partial charge in [-0.05, 0) is 25.1 Å². The quantitative estimate of drug-likeness (QED) is 0.436. The largest absolute Gasteiger partial charge is 0.450 e. The van der Waals surface area contributed by atoms with Gasteiger partial charge >= 0.3 is 12.2 Å². The van der Waals surface area contributed by atoms with Crippen LogP contribution in [0.4, 0.5) is 25.4 Å². The Hall–Kier alpha value is -4.95. The summed E-state index contributed by atoms with van der Waals surface area (Å²) in [6.45, 7) is 3.08. The molecule has 2 N–H and O–H groups in total. The summed E-state index contributed by atoms with van der Waals surface area (Å²) in [4.78, 5) is 61.7. The van der Waals surface area contributed by atoms with E-state index in [0.29, 0.717) is 37.5 Å². The van der Waals surface area contributed by atoms with Crippen molar-refractivity contribution in [1.29, 1.82) is 0 Å². The summed E-state index contributed by atoms with van der Waals surface area (Å²) < 4.78 is 26.6. The number of piperazine rings is 1. The van der Waals surface area contributed by atoms with Crippen LogP contribution in [0.25, 0.3) is 5.65 Å². The number of benzene rings is 1. The molecule has 15 heteroatoms. The third-order valence-electron chi connectivity index (χ3n) is 6.48. The maximum absolute atomic E-state index is 15.1. The number of imidazole rings is 1. The number of carbonyl (C=O) groups is 4. The van der Waals surface area contributed by atoms with Crippen LogP contribution in [-0.2, 0) is 14.3 Å². The number of rotatable bonds is 7. The average Bonchev–Trinajstić information content (AvgIpc) is 3.55. The standard InChI is InChI=1S/C25H27FN8O6/c1-2-39-24(37)30-21-15-34(25(38)40-21)16-3-4-19(17(26)11-16)31-7-9-32(10-8-31)22(35)13-28-23(36)18-14-33-6-5-27-12-20(33)29-18/h3-6,11-12,14,21H,2,7-10,13,15H2,1H3,(H,28,36)(H,30,37). The monoisotopic (exact) mass is 554 g/mol. The second kappa shape index (κ2) is 11.4. The zero-order chi connectivity index (χ0) is 28.2. The van der Waals surface area contributed by atoms with E-state index in [-0.39, 0.29) is 37.0 Å². The molecule has 2 aromatic heterocycles. The maximum Gasteiger partial charge on any atom is 0.416 e. The molecule has 0 aliphatic carbocycles. The summed E-state index contributed by atoms with van der Waals surface area (Å²) in [7, 11) is 0. The average molecular weight is 555 g/mol. The lowest BCUT2D eigenvalue weighted by molar-refractivity contribution is -0.130. The first-order chi connectivity index (χ1) is 19.3. The molecule has 14 nitrogen and oxygen atoms in total. The second-order valence-corrected chi connectivity index (χ2v) is 9.00. The van der Waals surface area contributed by atoms with Gasteiger partial charge in [0.15, 0.2) is 11.9 Å². The van der Waals surface area contributed by atoms with Crippen LogP contribution in [0.1, 0.15) is 17.4 Å². The number of fused-ring (bicyclic) bond motifs is 1. The summed E-state index contributed by atoms with van der Waals surface area (Å²) in [5.41, 5.74) is 1.31. The minimum Gasteiger partial charge on any atom is -0.450 e. The first kappa shape index (κ1) is 26.6. The van der Waals surface area contributed by atoms with Crippen molar-refractivity contribution in [1.82, 2.24) is 29.9 Å². The summed E-state index contributed by atoms with van der Waals surface area (Å²) in [6, 6.07) is 4.38. The molecule has 2 saturated heterocycles. The van der Waals surface area contributed by atoms with Crippen molar-refractivity contribution in [2.45, 2.75) is 13.2 Å². The van der Waals surface area contributed by atoms with Crippen molar-refractivity contribution in [2.75, 3.05) is 55.7 Å². The van der Waals surface area contributed by atoms with Gasteiger partial charge in [-0.25, -0.2) is 19.0 Å². The highest BCUT2D eigenvalue weighted by atomic mass is 19.1. The van der Waals surface area contributed by atoms with Gasteiger partial charge in [0.2, 0.25) is 5.91 Å². The molecule has 0 radical (unpaired) electrons. The molecule has 2 aliphatic heterocycles. The molecule has 1 aromatic carbocycles. The van der Waals surface area contributed by atoms with Crippen LogP contribution in [0.2, 0.25) is 0 Å². The molecule has 210 valence electrons. The lowest BCUT2D eigenvalue weighted by atomic mass is 10.2. The number of amides is 4. The highest BCUT2D eigenvalue weighted by molar-refractivity contribution is 5.95. The third kappa shape index (κ3) is 5.72. The van der Waals surface area contributed by atoms with Gasteiger partial charge in [0.05, 0.1) is 37.3 Å². The van der Waals surface area contributed by atoms with Gasteiger partial charge in [-0.3, -0.25) is 24.8 Å². The van der Waals surface area contributed by atoms with E-state index in [1.165, 1.54) is 17.2 Å². The Kier molecular flexibility index (Phi) is 7.61. The molecule has 40 heavy (non-hydrogen) atoms. The number of hydrogen-bond acceptors (Lipinski definition) is 9. The number of ether oxygens (including phenoxy) is 2. The van der Waals surface area contributed by atoms with E-state index in [1.54, 1.807) is 51.8 Å². The molecule has 1 unspecified atom stereocenters. The van der Waals surface area contributed by atoms with Gasteiger partial charge in [0.1, 0.15) is 11.5 Å². The Balaban J connectivity index is 1.12. The molecular formula is C25H27FN8O6. The fraction of sp³-hybridized carbons (Fsp3) is 0.360. The number of alkyl carbamates (subject to hydrolysis) is 1. The Labute approximate surface area is 227 Å². The number of nitrogens with one attached hydrogen (secondary N) is 2. The fourth-order valence-corrected chi connectivity index (χ4v) is 4.48. The predicted octanol–water partition coefficient (Wildman–Crippen LogP) is 0.976. The number of halogens is 1. The summed E-state index contributed by atoms with van der Waals surface area (Å²) in [5, 5.41) is 5.01. The van der Waals surface area contributed by atoms with Crippen molar-refractivity contribution in [3.05, 3.63) is 54.5 Å². The molecule has 5 rings (SSSR count). The second-order valence-electron chi connectivity index (χ2n) is 9.00. The number of anilines is 2.